The van der Waals surface area contributed by atoms with Gasteiger partial charge >= 0.3 is 0 Å². The van der Waals surface area contributed by atoms with Crippen molar-refractivity contribution in [2.24, 2.45) is 0 Å². The zero-order valence-electron chi connectivity index (χ0n) is 12.8. The molecule has 1 aromatic carbocycles. The van der Waals surface area contributed by atoms with E-state index < -0.39 is 0 Å². The Morgan fingerprint density at radius 3 is 2.20 bits per heavy atom. The maximum absolute atomic E-state index is 12.2. The first-order valence-electron chi connectivity index (χ1n) is 7.77. The van der Waals surface area contributed by atoms with E-state index in [1.165, 1.54) is 0 Å². The molecule has 1 rings (SSSR count). The minimum Gasteiger partial charge on any atom is -0.342 e. The lowest BCUT2D eigenvalue weighted by Gasteiger charge is -2.21. The Morgan fingerprint density at radius 1 is 1.05 bits per heavy atom. The molecule has 0 unspecified atom stereocenters. The molecule has 0 radical (unpaired) electrons. The molecule has 0 atom stereocenters. The van der Waals surface area contributed by atoms with Crippen molar-refractivity contribution in [3.05, 3.63) is 42.0 Å². The summed E-state index contributed by atoms with van der Waals surface area (Å²) in [6.07, 6.45) is 8.96. The van der Waals surface area contributed by atoms with Gasteiger partial charge in [-0.15, -0.1) is 0 Å². The highest BCUT2D eigenvalue weighted by molar-refractivity contribution is 5.78. The Balaban J connectivity index is 2.46. The normalized spacial score (nSPS) is 10.9. The fraction of sp³-hybridized carbons (Fsp3) is 0.500. The highest BCUT2D eigenvalue weighted by Crippen LogP contribution is 2.05. The molecule has 0 fully saturated rings. The molecule has 0 aromatic heterocycles. The smallest absolute Gasteiger partial charge is 0.226 e. The molecule has 1 aromatic rings. The van der Waals surface area contributed by atoms with Gasteiger partial charge in [0.1, 0.15) is 0 Å². The third kappa shape index (κ3) is 6.55. The number of rotatable bonds is 9. The van der Waals surface area contributed by atoms with E-state index in [2.05, 4.69) is 13.8 Å². The largest absolute Gasteiger partial charge is 0.342 e. The third-order valence-electron chi connectivity index (χ3n) is 3.32. The van der Waals surface area contributed by atoms with Crippen LogP contribution in [0.5, 0.6) is 0 Å². The summed E-state index contributed by atoms with van der Waals surface area (Å²) in [4.78, 5) is 14.2. The van der Waals surface area contributed by atoms with Crippen LogP contribution in [0.1, 0.15) is 51.5 Å². The zero-order chi connectivity index (χ0) is 14.6. The first kappa shape index (κ1) is 16.5. The number of hydrogen-bond donors (Lipinski definition) is 0. The van der Waals surface area contributed by atoms with Crippen LogP contribution in [0.2, 0.25) is 0 Å². The average molecular weight is 273 g/mol. The quantitative estimate of drug-likeness (QED) is 0.648. The predicted octanol–water partition coefficient (Wildman–Crippen LogP) is 4.52. The third-order valence-corrected chi connectivity index (χ3v) is 3.32. The van der Waals surface area contributed by atoms with Crippen molar-refractivity contribution < 1.29 is 4.79 Å². The summed E-state index contributed by atoms with van der Waals surface area (Å²) in [6.45, 7) is 6.12. The number of carbonyl (C=O) groups excluding carboxylic acids is 1. The number of unbranched alkanes of at least 4 members (excludes halogenated alkanes) is 2. The zero-order valence-corrected chi connectivity index (χ0v) is 12.8. The van der Waals surface area contributed by atoms with Gasteiger partial charge in [-0.3, -0.25) is 4.79 Å². The Labute approximate surface area is 123 Å². The Hall–Kier alpha value is -1.57. The molecule has 0 saturated heterocycles. The van der Waals surface area contributed by atoms with Gasteiger partial charge in [-0.1, -0.05) is 69.2 Å². The summed E-state index contributed by atoms with van der Waals surface area (Å²) in [5, 5.41) is 0. The summed E-state index contributed by atoms with van der Waals surface area (Å²) in [6, 6.07) is 10.1. The molecular formula is C18H27NO. The van der Waals surface area contributed by atoms with Gasteiger partial charge in [0.2, 0.25) is 5.91 Å². The van der Waals surface area contributed by atoms with Crippen molar-refractivity contribution >= 4 is 12.0 Å². The number of amides is 1. The molecule has 20 heavy (non-hydrogen) atoms. The molecular weight excluding hydrogens is 246 g/mol. The second kappa shape index (κ2) is 10.2. The van der Waals surface area contributed by atoms with Crippen LogP contribution in [0.4, 0.5) is 0 Å². The molecule has 0 aliphatic carbocycles. The first-order chi connectivity index (χ1) is 9.77. The van der Waals surface area contributed by atoms with Gasteiger partial charge in [-0.2, -0.15) is 0 Å². The van der Waals surface area contributed by atoms with Gasteiger partial charge < -0.3 is 4.90 Å². The van der Waals surface area contributed by atoms with E-state index in [0.29, 0.717) is 6.42 Å². The van der Waals surface area contributed by atoms with Crippen LogP contribution in [0.15, 0.2) is 36.4 Å². The van der Waals surface area contributed by atoms with Crippen molar-refractivity contribution in [2.75, 3.05) is 13.1 Å². The van der Waals surface area contributed by atoms with Crippen LogP contribution in [0.3, 0.4) is 0 Å². The molecule has 0 aliphatic heterocycles. The van der Waals surface area contributed by atoms with Crippen LogP contribution in [0, 0.1) is 0 Å². The van der Waals surface area contributed by atoms with Crippen molar-refractivity contribution in [1.29, 1.82) is 0 Å². The summed E-state index contributed by atoms with van der Waals surface area (Å²) in [5.41, 5.74) is 1.15. The van der Waals surface area contributed by atoms with E-state index >= 15 is 0 Å². The van der Waals surface area contributed by atoms with Gasteiger partial charge in [-0.05, 0) is 18.4 Å². The minimum absolute atomic E-state index is 0.249. The van der Waals surface area contributed by atoms with E-state index in [9.17, 15) is 4.79 Å². The number of carbonyl (C=O) groups is 1. The van der Waals surface area contributed by atoms with Crippen LogP contribution >= 0.6 is 0 Å². The molecule has 0 bridgehead atoms. The Kier molecular flexibility index (Phi) is 8.44. The van der Waals surface area contributed by atoms with E-state index in [-0.39, 0.29) is 5.91 Å². The Morgan fingerprint density at radius 2 is 1.65 bits per heavy atom. The molecule has 110 valence electrons. The minimum atomic E-state index is 0.249. The molecule has 2 heteroatoms. The summed E-state index contributed by atoms with van der Waals surface area (Å²) < 4.78 is 0. The van der Waals surface area contributed by atoms with Crippen LogP contribution < -0.4 is 0 Å². The van der Waals surface area contributed by atoms with Crippen molar-refractivity contribution in [1.82, 2.24) is 4.90 Å². The summed E-state index contributed by atoms with van der Waals surface area (Å²) in [7, 11) is 0. The maximum Gasteiger partial charge on any atom is 0.226 e. The fourth-order valence-electron chi connectivity index (χ4n) is 2.05. The first-order valence-corrected chi connectivity index (χ1v) is 7.77. The lowest BCUT2D eigenvalue weighted by Crippen LogP contribution is -2.32. The van der Waals surface area contributed by atoms with Gasteiger partial charge in [-0.25, -0.2) is 0 Å². The number of benzene rings is 1. The second-order valence-electron chi connectivity index (χ2n) is 5.11. The lowest BCUT2D eigenvalue weighted by molar-refractivity contribution is -0.130. The van der Waals surface area contributed by atoms with Crippen molar-refractivity contribution in [3.63, 3.8) is 0 Å². The van der Waals surface area contributed by atoms with Gasteiger partial charge in [0.05, 0.1) is 0 Å². The highest BCUT2D eigenvalue weighted by Gasteiger charge is 2.10. The number of hydrogen-bond acceptors (Lipinski definition) is 1. The molecule has 1 amide bonds. The molecule has 2 nitrogen and oxygen atoms in total. The van der Waals surface area contributed by atoms with Crippen molar-refractivity contribution in [2.45, 2.75) is 46.0 Å². The molecule has 0 heterocycles. The molecule has 0 N–H and O–H groups in total. The topological polar surface area (TPSA) is 20.3 Å². The number of nitrogens with zero attached hydrogens (tertiary/aromatic N) is 1. The predicted molar refractivity (Wildman–Crippen MR) is 86.5 cm³/mol. The standard InChI is InChI=1S/C18H27NO/c1-3-5-15-19(16-6-4-2)18(20)14-10-13-17-11-8-7-9-12-17/h7-13H,3-6,14-16H2,1-2H3/b13-10+. The van der Waals surface area contributed by atoms with E-state index in [1.54, 1.807) is 0 Å². The van der Waals surface area contributed by atoms with Gasteiger partial charge in [0, 0.05) is 19.5 Å². The van der Waals surface area contributed by atoms with E-state index in [1.807, 2.05) is 47.4 Å². The van der Waals surface area contributed by atoms with E-state index in [4.69, 9.17) is 0 Å². The lowest BCUT2D eigenvalue weighted by atomic mass is 10.2. The fourth-order valence-corrected chi connectivity index (χ4v) is 2.05. The highest BCUT2D eigenvalue weighted by atomic mass is 16.2. The molecule has 0 spiro atoms. The van der Waals surface area contributed by atoms with Gasteiger partial charge in [0.15, 0.2) is 0 Å². The van der Waals surface area contributed by atoms with E-state index in [0.717, 1.165) is 44.3 Å². The average Bonchev–Trinajstić information content (AvgIpc) is 2.48. The van der Waals surface area contributed by atoms with Crippen LogP contribution in [-0.2, 0) is 4.79 Å². The van der Waals surface area contributed by atoms with Crippen molar-refractivity contribution in [3.8, 4) is 0 Å². The maximum atomic E-state index is 12.2. The Bertz CT molecular complexity index is 389. The monoisotopic (exact) mass is 273 g/mol. The summed E-state index contributed by atoms with van der Waals surface area (Å²) >= 11 is 0. The van der Waals surface area contributed by atoms with Crippen LogP contribution in [-0.4, -0.2) is 23.9 Å². The summed E-state index contributed by atoms with van der Waals surface area (Å²) in [5.74, 6) is 0.249. The second-order valence-corrected chi connectivity index (χ2v) is 5.11. The van der Waals surface area contributed by atoms with Gasteiger partial charge in [0.25, 0.3) is 0 Å². The molecule has 0 aliphatic rings. The molecule has 0 saturated carbocycles. The SMILES string of the molecule is CCCCN(CCCC)C(=O)C/C=C/c1ccccc1. The van der Waals surface area contributed by atoms with Crippen LogP contribution in [0.25, 0.3) is 6.08 Å².